The van der Waals surface area contributed by atoms with E-state index in [1.165, 1.54) is 23.5 Å². The van der Waals surface area contributed by atoms with Crippen molar-refractivity contribution >= 4 is 28.4 Å². The van der Waals surface area contributed by atoms with Gasteiger partial charge in [-0.15, -0.1) is 0 Å². The van der Waals surface area contributed by atoms with E-state index in [4.69, 9.17) is 17.0 Å². The van der Waals surface area contributed by atoms with Gasteiger partial charge in [-0.2, -0.15) is 18.3 Å². The summed E-state index contributed by atoms with van der Waals surface area (Å²) < 4.78 is 45.2. The van der Waals surface area contributed by atoms with Crippen molar-refractivity contribution in [3.63, 3.8) is 0 Å². The number of aryl methyl sites for hydroxylation is 2. The quantitative estimate of drug-likeness (QED) is 0.579. The number of hydrogen-bond donors (Lipinski definition) is 0. The number of hydrogen-bond acceptors (Lipinski definition) is 4. The van der Waals surface area contributed by atoms with Crippen molar-refractivity contribution < 1.29 is 17.9 Å². The lowest BCUT2D eigenvalue weighted by molar-refractivity contribution is -0.141. The summed E-state index contributed by atoms with van der Waals surface area (Å²) in [4.78, 5) is 0.843. The van der Waals surface area contributed by atoms with Crippen LogP contribution in [0.2, 0.25) is 0 Å². The molecule has 0 aliphatic carbocycles. The van der Waals surface area contributed by atoms with Crippen LogP contribution in [0.1, 0.15) is 18.2 Å². The molecule has 0 saturated heterocycles. The monoisotopic (exact) mass is 360 g/mol. The fourth-order valence-corrected chi connectivity index (χ4v) is 3.14. The Labute approximate surface area is 141 Å². The molecule has 0 atom stereocenters. The largest absolute Gasteiger partial charge is 0.479 e. The second kappa shape index (κ2) is 6.92. The zero-order valence-electron chi connectivity index (χ0n) is 12.8. The second-order valence-corrected chi connectivity index (χ2v) is 6.45. The fraction of sp³-hybridized carbons (Fsp3) is 0.333. The first-order chi connectivity index (χ1) is 10.7. The standard InChI is InChI=1S/C15H15F3N2OS2/c1-4-21-14(22)23-12-7-10(6-5-9(12)2)11-8-13(15(16,17)18)19-20(11)3/h5-8H,4H2,1-3H3. The maximum atomic E-state index is 12.8. The molecule has 0 spiro atoms. The van der Waals surface area contributed by atoms with Crippen LogP contribution >= 0.6 is 24.0 Å². The molecule has 8 heteroatoms. The predicted octanol–water partition coefficient (Wildman–Crippen LogP) is 4.83. The number of alkyl halides is 3. The summed E-state index contributed by atoms with van der Waals surface area (Å²) in [5.74, 6) is 0. The van der Waals surface area contributed by atoms with Crippen molar-refractivity contribution in [3.8, 4) is 11.3 Å². The number of rotatable bonds is 3. The normalized spacial score (nSPS) is 11.6. The molecule has 1 aromatic carbocycles. The molecule has 0 fully saturated rings. The number of benzene rings is 1. The molecule has 2 rings (SSSR count). The van der Waals surface area contributed by atoms with E-state index in [0.717, 1.165) is 16.5 Å². The van der Waals surface area contributed by atoms with Gasteiger partial charge in [0, 0.05) is 17.5 Å². The van der Waals surface area contributed by atoms with Crippen LogP contribution in [0.15, 0.2) is 29.2 Å². The van der Waals surface area contributed by atoms with Gasteiger partial charge in [0.05, 0.1) is 12.3 Å². The molecular weight excluding hydrogens is 345 g/mol. The van der Waals surface area contributed by atoms with Crippen LogP contribution in [0.3, 0.4) is 0 Å². The first-order valence-corrected chi connectivity index (χ1v) is 8.01. The lowest BCUT2D eigenvalue weighted by Gasteiger charge is -2.09. The minimum Gasteiger partial charge on any atom is -0.479 e. The third-order valence-corrected chi connectivity index (χ3v) is 4.42. The van der Waals surface area contributed by atoms with Crippen molar-refractivity contribution in [1.29, 1.82) is 0 Å². The van der Waals surface area contributed by atoms with Gasteiger partial charge in [0.15, 0.2) is 5.69 Å². The Morgan fingerprint density at radius 1 is 1.35 bits per heavy atom. The molecule has 23 heavy (non-hydrogen) atoms. The van der Waals surface area contributed by atoms with Crippen LogP contribution < -0.4 is 0 Å². The predicted molar refractivity (Wildman–Crippen MR) is 88.5 cm³/mol. The summed E-state index contributed by atoms with van der Waals surface area (Å²) in [6.45, 7) is 4.22. The third kappa shape index (κ3) is 4.26. The van der Waals surface area contributed by atoms with E-state index >= 15 is 0 Å². The van der Waals surface area contributed by atoms with Crippen LogP contribution in [-0.4, -0.2) is 20.8 Å². The van der Waals surface area contributed by atoms with Crippen LogP contribution in [0.5, 0.6) is 0 Å². The van der Waals surface area contributed by atoms with Crippen molar-refractivity contribution in [3.05, 3.63) is 35.5 Å². The molecule has 1 aromatic heterocycles. The van der Waals surface area contributed by atoms with Gasteiger partial charge in [0.1, 0.15) is 0 Å². The Bertz CT molecular complexity index is 726. The molecule has 0 radical (unpaired) electrons. The molecule has 124 valence electrons. The zero-order valence-corrected chi connectivity index (χ0v) is 14.4. The molecule has 1 heterocycles. The van der Waals surface area contributed by atoms with Crippen LogP contribution in [0.4, 0.5) is 13.2 Å². The summed E-state index contributed by atoms with van der Waals surface area (Å²) >= 11 is 6.39. The van der Waals surface area contributed by atoms with Gasteiger partial charge in [-0.05, 0) is 55.5 Å². The minimum atomic E-state index is -4.46. The summed E-state index contributed by atoms with van der Waals surface area (Å²) in [7, 11) is 1.49. The topological polar surface area (TPSA) is 27.1 Å². The van der Waals surface area contributed by atoms with E-state index in [0.29, 0.717) is 22.2 Å². The van der Waals surface area contributed by atoms with Gasteiger partial charge in [-0.1, -0.05) is 12.1 Å². The Morgan fingerprint density at radius 3 is 2.61 bits per heavy atom. The number of halogens is 3. The fourth-order valence-electron chi connectivity index (χ4n) is 1.98. The highest BCUT2D eigenvalue weighted by atomic mass is 32.2. The van der Waals surface area contributed by atoms with Crippen LogP contribution in [-0.2, 0) is 18.0 Å². The Hall–Kier alpha value is -1.54. The maximum absolute atomic E-state index is 12.8. The van der Waals surface area contributed by atoms with Crippen molar-refractivity contribution in [1.82, 2.24) is 9.78 Å². The van der Waals surface area contributed by atoms with Gasteiger partial charge >= 0.3 is 6.18 Å². The van der Waals surface area contributed by atoms with Crippen molar-refractivity contribution in [2.24, 2.45) is 7.05 Å². The smallest absolute Gasteiger partial charge is 0.435 e. The molecule has 3 nitrogen and oxygen atoms in total. The Morgan fingerprint density at radius 2 is 2.04 bits per heavy atom. The van der Waals surface area contributed by atoms with E-state index in [2.05, 4.69) is 5.10 Å². The zero-order chi connectivity index (χ0) is 17.2. The highest BCUT2D eigenvalue weighted by Gasteiger charge is 2.34. The number of thiocarbonyl (C=S) groups is 1. The highest BCUT2D eigenvalue weighted by Crippen LogP contribution is 2.34. The first-order valence-electron chi connectivity index (χ1n) is 6.79. The van der Waals surface area contributed by atoms with E-state index in [1.54, 1.807) is 12.1 Å². The molecule has 2 aromatic rings. The van der Waals surface area contributed by atoms with E-state index in [1.807, 2.05) is 19.9 Å². The summed E-state index contributed by atoms with van der Waals surface area (Å²) in [5, 5.41) is 3.54. The molecule has 0 saturated carbocycles. The molecule has 0 aliphatic heterocycles. The third-order valence-electron chi connectivity index (χ3n) is 3.11. The number of ether oxygens (including phenoxy) is 1. The van der Waals surface area contributed by atoms with Gasteiger partial charge in [0.2, 0.25) is 4.38 Å². The first kappa shape index (κ1) is 17.8. The van der Waals surface area contributed by atoms with Crippen LogP contribution in [0, 0.1) is 6.92 Å². The summed E-state index contributed by atoms with van der Waals surface area (Å²) in [6, 6.07) is 6.44. The summed E-state index contributed by atoms with van der Waals surface area (Å²) in [6.07, 6.45) is -4.46. The van der Waals surface area contributed by atoms with Gasteiger partial charge in [-0.3, -0.25) is 4.68 Å². The number of nitrogens with zero attached hydrogens (tertiary/aromatic N) is 2. The maximum Gasteiger partial charge on any atom is 0.435 e. The highest BCUT2D eigenvalue weighted by molar-refractivity contribution is 8.22. The van der Waals surface area contributed by atoms with Crippen molar-refractivity contribution in [2.45, 2.75) is 24.9 Å². The molecular formula is C15H15F3N2OS2. The SMILES string of the molecule is CCOC(=S)Sc1cc(-c2cc(C(F)(F)F)nn2C)ccc1C. The van der Waals surface area contributed by atoms with E-state index < -0.39 is 11.9 Å². The van der Waals surface area contributed by atoms with E-state index in [9.17, 15) is 13.2 Å². The average Bonchev–Trinajstić information content (AvgIpc) is 2.84. The average molecular weight is 360 g/mol. The molecule has 0 bridgehead atoms. The molecule has 0 aliphatic rings. The van der Waals surface area contributed by atoms with Crippen molar-refractivity contribution in [2.75, 3.05) is 6.61 Å². The summed E-state index contributed by atoms with van der Waals surface area (Å²) in [5.41, 5.74) is 1.10. The molecule has 0 unspecified atom stereocenters. The van der Waals surface area contributed by atoms with Gasteiger partial charge < -0.3 is 4.74 Å². The lowest BCUT2D eigenvalue weighted by Crippen LogP contribution is -2.06. The second-order valence-electron chi connectivity index (χ2n) is 4.80. The van der Waals surface area contributed by atoms with Gasteiger partial charge in [-0.25, -0.2) is 0 Å². The number of aromatic nitrogens is 2. The van der Waals surface area contributed by atoms with Gasteiger partial charge in [0.25, 0.3) is 0 Å². The van der Waals surface area contributed by atoms with E-state index in [-0.39, 0.29) is 0 Å². The molecule has 0 amide bonds. The minimum absolute atomic E-state index is 0.383. The Kier molecular flexibility index (Phi) is 5.36. The van der Waals surface area contributed by atoms with Crippen LogP contribution in [0.25, 0.3) is 11.3 Å². The lowest BCUT2D eigenvalue weighted by atomic mass is 10.1. The number of thioether (sulfide) groups is 1. The Balaban J connectivity index is 2.38. The molecule has 0 N–H and O–H groups in total.